The van der Waals surface area contributed by atoms with Crippen LogP contribution >= 0.6 is 0 Å². The number of nitrogen functional groups attached to an aromatic ring is 1. The highest BCUT2D eigenvalue weighted by atomic mass is 19.4. The number of benzene rings is 1. The fourth-order valence-corrected chi connectivity index (χ4v) is 1.48. The van der Waals surface area contributed by atoms with Crippen LogP contribution in [0.5, 0.6) is 0 Å². The highest BCUT2D eigenvalue weighted by Crippen LogP contribution is 2.37. The Kier molecular flexibility index (Phi) is 2.89. The van der Waals surface area contributed by atoms with Crippen LogP contribution in [0.3, 0.4) is 0 Å². The standard InChI is InChI=1S/C10H6F3N3O3/c11-10(12,13)5-1-2-6(7(3-5)16(17)18)8-4-15-9(14)19-8/h1-4H,(H2,14,15). The van der Waals surface area contributed by atoms with Crippen LogP contribution in [0, 0.1) is 10.1 Å². The Hall–Kier alpha value is -2.58. The smallest absolute Gasteiger partial charge is 0.416 e. The number of oxazole rings is 1. The van der Waals surface area contributed by atoms with Crippen molar-refractivity contribution in [2.75, 3.05) is 5.73 Å². The van der Waals surface area contributed by atoms with Gasteiger partial charge in [-0.2, -0.15) is 13.2 Å². The Bertz CT molecular complexity index is 636. The molecule has 2 rings (SSSR count). The third-order valence-electron chi connectivity index (χ3n) is 2.31. The number of halogens is 3. The van der Waals surface area contributed by atoms with Crippen LogP contribution in [-0.4, -0.2) is 9.91 Å². The van der Waals surface area contributed by atoms with Crippen LogP contribution in [-0.2, 0) is 6.18 Å². The second-order valence-electron chi connectivity index (χ2n) is 3.55. The first-order chi connectivity index (χ1) is 8.79. The highest BCUT2D eigenvalue weighted by molar-refractivity contribution is 5.70. The lowest BCUT2D eigenvalue weighted by atomic mass is 10.1. The molecule has 0 radical (unpaired) electrons. The molecule has 9 heteroatoms. The summed E-state index contributed by atoms with van der Waals surface area (Å²) in [6.07, 6.45) is -3.56. The zero-order chi connectivity index (χ0) is 14.2. The van der Waals surface area contributed by atoms with Gasteiger partial charge in [-0.25, -0.2) is 4.98 Å². The largest absolute Gasteiger partial charge is 0.423 e. The number of aromatic nitrogens is 1. The molecule has 1 aromatic heterocycles. The maximum absolute atomic E-state index is 12.5. The predicted octanol–water partition coefficient (Wildman–Crippen LogP) is 2.85. The van der Waals surface area contributed by atoms with E-state index in [0.29, 0.717) is 6.07 Å². The van der Waals surface area contributed by atoms with Crippen molar-refractivity contribution in [3.05, 3.63) is 40.1 Å². The lowest BCUT2D eigenvalue weighted by Gasteiger charge is -2.07. The number of alkyl halides is 3. The van der Waals surface area contributed by atoms with E-state index in [-0.39, 0.29) is 17.3 Å². The molecule has 2 aromatic rings. The zero-order valence-electron chi connectivity index (χ0n) is 9.14. The Morgan fingerprint density at radius 2 is 2.05 bits per heavy atom. The molecule has 0 unspecified atom stereocenters. The number of nitrogens with zero attached hydrogens (tertiary/aromatic N) is 2. The van der Waals surface area contributed by atoms with Crippen LogP contribution in [0.25, 0.3) is 11.3 Å². The lowest BCUT2D eigenvalue weighted by molar-refractivity contribution is -0.384. The maximum Gasteiger partial charge on any atom is 0.416 e. The summed E-state index contributed by atoms with van der Waals surface area (Å²) in [5, 5.41) is 10.8. The molecule has 0 saturated carbocycles. The fraction of sp³-hybridized carbons (Fsp3) is 0.100. The van der Waals surface area contributed by atoms with E-state index in [0.717, 1.165) is 18.3 Å². The molecule has 6 nitrogen and oxygen atoms in total. The van der Waals surface area contributed by atoms with Crippen molar-refractivity contribution in [2.45, 2.75) is 6.18 Å². The highest BCUT2D eigenvalue weighted by Gasteiger charge is 2.33. The summed E-state index contributed by atoms with van der Waals surface area (Å²) >= 11 is 0. The molecule has 0 aliphatic heterocycles. The van der Waals surface area contributed by atoms with E-state index in [9.17, 15) is 23.3 Å². The first-order valence-electron chi connectivity index (χ1n) is 4.86. The van der Waals surface area contributed by atoms with Crippen LogP contribution in [0.15, 0.2) is 28.8 Å². The Morgan fingerprint density at radius 1 is 1.37 bits per heavy atom. The van der Waals surface area contributed by atoms with Gasteiger partial charge in [-0.05, 0) is 12.1 Å². The predicted molar refractivity (Wildman–Crippen MR) is 58.0 cm³/mol. The Labute approximate surface area is 103 Å². The van der Waals surface area contributed by atoms with E-state index in [1.54, 1.807) is 0 Å². The normalized spacial score (nSPS) is 11.5. The van der Waals surface area contributed by atoms with Gasteiger partial charge in [0.05, 0.1) is 22.2 Å². The molecule has 0 spiro atoms. The third kappa shape index (κ3) is 2.49. The van der Waals surface area contributed by atoms with Crippen molar-refractivity contribution in [1.82, 2.24) is 4.98 Å². The maximum atomic E-state index is 12.5. The number of nitrogens with two attached hydrogens (primary N) is 1. The van der Waals surface area contributed by atoms with Gasteiger partial charge in [0.15, 0.2) is 5.76 Å². The van der Waals surface area contributed by atoms with Crippen molar-refractivity contribution >= 4 is 11.7 Å². The van der Waals surface area contributed by atoms with E-state index in [1.807, 2.05) is 0 Å². The lowest BCUT2D eigenvalue weighted by Crippen LogP contribution is -2.06. The number of anilines is 1. The minimum Gasteiger partial charge on any atom is -0.423 e. The summed E-state index contributed by atoms with van der Waals surface area (Å²) in [5.41, 5.74) is 3.24. The molecule has 0 atom stereocenters. The van der Waals surface area contributed by atoms with E-state index in [2.05, 4.69) is 4.98 Å². The fourth-order valence-electron chi connectivity index (χ4n) is 1.48. The van der Waals surface area contributed by atoms with Gasteiger partial charge in [0.25, 0.3) is 11.7 Å². The minimum absolute atomic E-state index is 0.0714. The van der Waals surface area contributed by atoms with Crippen molar-refractivity contribution in [1.29, 1.82) is 0 Å². The van der Waals surface area contributed by atoms with Gasteiger partial charge in [-0.1, -0.05) is 0 Å². The van der Waals surface area contributed by atoms with Crippen LogP contribution in [0.2, 0.25) is 0 Å². The van der Waals surface area contributed by atoms with Gasteiger partial charge in [-0.15, -0.1) is 0 Å². The van der Waals surface area contributed by atoms with Gasteiger partial charge in [0.2, 0.25) is 0 Å². The average molecular weight is 273 g/mol. The van der Waals surface area contributed by atoms with E-state index in [4.69, 9.17) is 10.2 Å². The molecule has 2 N–H and O–H groups in total. The molecule has 0 bridgehead atoms. The quantitative estimate of drug-likeness (QED) is 0.670. The second kappa shape index (κ2) is 4.26. The van der Waals surface area contributed by atoms with E-state index < -0.39 is 22.4 Å². The van der Waals surface area contributed by atoms with Crippen molar-refractivity contribution < 1.29 is 22.5 Å². The zero-order valence-corrected chi connectivity index (χ0v) is 9.14. The van der Waals surface area contributed by atoms with Gasteiger partial charge >= 0.3 is 6.18 Å². The van der Waals surface area contributed by atoms with Crippen LogP contribution in [0.1, 0.15) is 5.56 Å². The molecule has 0 fully saturated rings. The number of nitro groups is 1. The second-order valence-corrected chi connectivity index (χ2v) is 3.55. The van der Waals surface area contributed by atoms with Crippen molar-refractivity contribution in [2.24, 2.45) is 0 Å². The molecule has 1 heterocycles. The molecule has 1 aromatic carbocycles. The van der Waals surface area contributed by atoms with E-state index in [1.165, 1.54) is 0 Å². The molecule has 0 aliphatic rings. The third-order valence-corrected chi connectivity index (χ3v) is 2.31. The summed E-state index contributed by atoms with van der Waals surface area (Å²) in [5.74, 6) is -0.0714. The summed E-state index contributed by atoms with van der Waals surface area (Å²) in [4.78, 5) is 13.4. The first-order valence-corrected chi connectivity index (χ1v) is 4.86. The minimum atomic E-state index is -4.66. The van der Waals surface area contributed by atoms with Gasteiger partial charge in [-0.3, -0.25) is 10.1 Å². The topological polar surface area (TPSA) is 95.2 Å². The summed E-state index contributed by atoms with van der Waals surface area (Å²) in [6, 6.07) is 1.87. The first kappa shape index (κ1) is 12.9. The number of hydrogen-bond donors (Lipinski definition) is 1. The van der Waals surface area contributed by atoms with Crippen molar-refractivity contribution in [3.8, 4) is 11.3 Å². The Morgan fingerprint density at radius 3 is 2.53 bits per heavy atom. The van der Waals surface area contributed by atoms with Crippen LogP contribution < -0.4 is 5.73 Å². The van der Waals surface area contributed by atoms with Gasteiger partial charge < -0.3 is 10.2 Å². The molecule has 19 heavy (non-hydrogen) atoms. The monoisotopic (exact) mass is 273 g/mol. The molecule has 100 valence electrons. The van der Waals surface area contributed by atoms with Gasteiger partial charge in [0.1, 0.15) is 0 Å². The SMILES string of the molecule is Nc1ncc(-c2ccc(C(F)(F)F)cc2[N+](=O)[O-])o1. The Balaban J connectivity index is 2.60. The number of hydrogen-bond acceptors (Lipinski definition) is 5. The molecule has 0 amide bonds. The van der Waals surface area contributed by atoms with Crippen LogP contribution in [0.4, 0.5) is 24.9 Å². The van der Waals surface area contributed by atoms with Crippen molar-refractivity contribution in [3.63, 3.8) is 0 Å². The average Bonchev–Trinajstić information content (AvgIpc) is 2.73. The van der Waals surface area contributed by atoms with E-state index >= 15 is 0 Å². The summed E-state index contributed by atoms with van der Waals surface area (Å²) in [6.45, 7) is 0. The van der Waals surface area contributed by atoms with Gasteiger partial charge in [0, 0.05) is 6.07 Å². The number of rotatable bonds is 2. The number of nitro benzene ring substituents is 1. The molecule has 0 aliphatic carbocycles. The summed E-state index contributed by atoms with van der Waals surface area (Å²) < 4.78 is 42.3. The molecular weight excluding hydrogens is 267 g/mol. The summed E-state index contributed by atoms with van der Waals surface area (Å²) in [7, 11) is 0. The molecule has 0 saturated heterocycles. The molecular formula is C10H6F3N3O3.